The van der Waals surface area contributed by atoms with Crippen molar-refractivity contribution < 1.29 is 9.53 Å². The lowest BCUT2D eigenvalue weighted by Crippen LogP contribution is -2.07. The molecule has 2 rings (SSSR count). The van der Waals surface area contributed by atoms with E-state index in [1.807, 2.05) is 38.1 Å². The summed E-state index contributed by atoms with van der Waals surface area (Å²) < 4.78 is 5.36. The zero-order chi connectivity index (χ0) is 14.4. The van der Waals surface area contributed by atoms with Crippen LogP contribution in [0.4, 0.5) is 0 Å². The summed E-state index contributed by atoms with van der Waals surface area (Å²) >= 11 is 0. The number of hydrogen-bond donors (Lipinski definition) is 0. The first-order valence-electron chi connectivity index (χ1n) is 6.44. The van der Waals surface area contributed by atoms with Gasteiger partial charge in [-0.3, -0.25) is 4.79 Å². The van der Waals surface area contributed by atoms with Crippen molar-refractivity contribution in [2.45, 2.75) is 26.9 Å². The van der Waals surface area contributed by atoms with Crippen LogP contribution in [0.3, 0.4) is 0 Å². The van der Waals surface area contributed by atoms with Crippen LogP contribution in [0.25, 0.3) is 5.57 Å². The summed E-state index contributed by atoms with van der Waals surface area (Å²) in [6, 6.07) is 7.85. The topological polar surface area (TPSA) is 26.3 Å². The zero-order valence-corrected chi connectivity index (χ0v) is 11.8. The standard InChI is InChI=1S/C15H14O2.C2H6/c1-4-11-12(5-2)15(17-10(3)16)14-9-7-6-8-13(11)14;1-2/h4-9,15H,1-2H2,3H3;1-2H3. The number of benzene rings is 1. The Morgan fingerprint density at radius 2 is 1.84 bits per heavy atom. The van der Waals surface area contributed by atoms with Gasteiger partial charge in [-0.05, 0) is 11.1 Å². The van der Waals surface area contributed by atoms with Crippen molar-refractivity contribution in [1.82, 2.24) is 0 Å². The molecule has 1 aromatic rings. The Morgan fingerprint density at radius 1 is 1.21 bits per heavy atom. The number of hydrogen-bond acceptors (Lipinski definition) is 2. The Balaban J connectivity index is 0.000000861. The fourth-order valence-corrected chi connectivity index (χ4v) is 2.17. The van der Waals surface area contributed by atoms with Gasteiger partial charge in [-0.2, -0.15) is 0 Å². The molecule has 1 aromatic carbocycles. The first-order valence-corrected chi connectivity index (χ1v) is 6.44. The van der Waals surface area contributed by atoms with Gasteiger partial charge in [0.1, 0.15) is 0 Å². The highest BCUT2D eigenvalue weighted by Gasteiger charge is 2.30. The number of carbonyl (C=O) groups excluding carboxylic acids is 1. The number of rotatable bonds is 3. The van der Waals surface area contributed by atoms with Crippen LogP contribution < -0.4 is 0 Å². The highest BCUT2D eigenvalue weighted by molar-refractivity contribution is 5.86. The molecule has 2 heteroatoms. The molecule has 0 spiro atoms. The normalized spacial score (nSPS) is 16.1. The van der Waals surface area contributed by atoms with Gasteiger partial charge in [0.25, 0.3) is 0 Å². The van der Waals surface area contributed by atoms with E-state index in [2.05, 4.69) is 13.2 Å². The third-order valence-corrected chi connectivity index (χ3v) is 2.83. The van der Waals surface area contributed by atoms with E-state index in [0.29, 0.717) is 0 Å². The largest absolute Gasteiger partial charge is 0.453 e. The average molecular weight is 256 g/mol. The van der Waals surface area contributed by atoms with Crippen LogP contribution in [0.2, 0.25) is 0 Å². The van der Waals surface area contributed by atoms with Gasteiger partial charge >= 0.3 is 5.97 Å². The first-order chi connectivity index (χ1) is 9.19. The van der Waals surface area contributed by atoms with Gasteiger partial charge in [-0.25, -0.2) is 0 Å². The number of allylic oxidation sites excluding steroid dienone is 2. The summed E-state index contributed by atoms with van der Waals surface area (Å²) in [4.78, 5) is 11.2. The molecule has 0 aromatic heterocycles. The van der Waals surface area contributed by atoms with Crippen molar-refractivity contribution in [3.05, 3.63) is 66.3 Å². The second-order valence-electron chi connectivity index (χ2n) is 3.85. The van der Waals surface area contributed by atoms with Crippen molar-refractivity contribution in [3.8, 4) is 0 Å². The second kappa shape index (κ2) is 6.74. The highest BCUT2D eigenvalue weighted by atomic mass is 16.5. The van der Waals surface area contributed by atoms with E-state index >= 15 is 0 Å². The number of esters is 1. The van der Waals surface area contributed by atoms with Gasteiger partial charge in [0.15, 0.2) is 6.10 Å². The third-order valence-electron chi connectivity index (χ3n) is 2.83. The Kier molecular flexibility index (Phi) is 5.31. The molecule has 0 fully saturated rings. The number of carbonyl (C=O) groups is 1. The van der Waals surface area contributed by atoms with Crippen molar-refractivity contribution in [3.63, 3.8) is 0 Å². The van der Waals surface area contributed by atoms with E-state index in [1.54, 1.807) is 12.2 Å². The predicted octanol–water partition coefficient (Wildman–Crippen LogP) is 4.46. The summed E-state index contributed by atoms with van der Waals surface area (Å²) in [5, 5.41) is 0. The van der Waals surface area contributed by atoms with Gasteiger partial charge in [0.05, 0.1) is 0 Å². The number of fused-ring (bicyclic) bond motifs is 1. The molecule has 0 radical (unpaired) electrons. The Bertz CT molecular complexity index is 524. The molecular formula is C17H20O2. The first kappa shape index (κ1) is 15.0. The van der Waals surface area contributed by atoms with Gasteiger partial charge in [0.2, 0.25) is 0 Å². The molecule has 0 N–H and O–H groups in total. The SMILES string of the molecule is C=CC1=C(C=C)C(OC(C)=O)c2ccccc21.CC. The number of ether oxygens (including phenoxy) is 1. The lowest BCUT2D eigenvalue weighted by molar-refractivity contribution is -0.144. The van der Waals surface area contributed by atoms with E-state index in [1.165, 1.54) is 6.92 Å². The molecule has 1 aliphatic carbocycles. The summed E-state index contributed by atoms with van der Waals surface area (Å²) in [6.07, 6.45) is 3.15. The molecule has 0 aliphatic heterocycles. The average Bonchev–Trinajstić information content (AvgIpc) is 2.74. The molecule has 1 atom stereocenters. The maximum absolute atomic E-state index is 11.2. The Morgan fingerprint density at radius 3 is 2.37 bits per heavy atom. The highest BCUT2D eigenvalue weighted by Crippen LogP contribution is 2.43. The molecule has 1 aliphatic rings. The maximum Gasteiger partial charge on any atom is 0.303 e. The van der Waals surface area contributed by atoms with Crippen molar-refractivity contribution in [1.29, 1.82) is 0 Å². The van der Waals surface area contributed by atoms with Crippen LogP contribution >= 0.6 is 0 Å². The smallest absolute Gasteiger partial charge is 0.303 e. The summed E-state index contributed by atoms with van der Waals surface area (Å²) in [5.41, 5.74) is 3.94. The Labute approximate surface area is 115 Å². The monoisotopic (exact) mass is 256 g/mol. The fraction of sp³-hybridized carbons (Fsp3) is 0.235. The van der Waals surface area contributed by atoms with E-state index in [9.17, 15) is 4.79 Å². The lowest BCUT2D eigenvalue weighted by atomic mass is 10.1. The minimum absolute atomic E-state index is 0.297. The van der Waals surface area contributed by atoms with Gasteiger partial charge in [-0.1, -0.05) is 63.4 Å². The van der Waals surface area contributed by atoms with Crippen molar-refractivity contribution >= 4 is 11.5 Å². The molecule has 0 saturated carbocycles. The van der Waals surface area contributed by atoms with E-state index in [0.717, 1.165) is 22.3 Å². The fourth-order valence-electron chi connectivity index (χ4n) is 2.17. The molecule has 0 saturated heterocycles. The van der Waals surface area contributed by atoms with Gasteiger partial charge in [0, 0.05) is 18.1 Å². The van der Waals surface area contributed by atoms with Gasteiger partial charge in [-0.15, -0.1) is 0 Å². The summed E-state index contributed by atoms with van der Waals surface area (Å²) in [6.45, 7) is 13.0. The second-order valence-corrected chi connectivity index (χ2v) is 3.85. The Hall–Kier alpha value is -2.09. The van der Waals surface area contributed by atoms with Crippen LogP contribution in [0.1, 0.15) is 38.0 Å². The van der Waals surface area contributed by atoms with E-state index in [4.69, 9.17) is 4.74 Å². The molecule has 0 amide bonds. The third kappa shape index (κ3) is 2.84. The quantitative estimate of drug-likeness (QED) is 0.746. The van der Waals surface area contributed by atoms with Crippen LogP contribution in [-0.4, -0.2) is 5.97 Å². The molecule has 2 nitrogen and oxygen atoms in total. The van der Waals surface area contributed by atoms with Gasteiger partial charge < -0.3 is 4.74 Å². The van der Waals surface area contributed by atoms with E-state index < -0.39 is 0 Å². The zero-order valence-electron chi connectivity index (χ0n) is 11.8. The van der Waals surface area contributed by atoms with Crippen LogP contribution in [0.15, 0.2) is 55.1 Å². The molecule has 1 unspecified atom stereocenters. The minimum atomic E-state index is -0.353. The van der Waals surface area contributed by atoms with Crippen LogP contribution in [0.5, 0.6) is 0 Å². The summed E-state index contributed by atoms with van der Waals surface area (Å²) in [5.74, 6) is -0.297. The van der Waals surface area contributed by atoms with Crippen molar-refractivity contribution in [2.24, 2.45) is 0 Å². The van der Waals surface area contributed by atoms with E-state index in [-0.39, 0.29) is 12.1 Å². The summed E-state index contributed by atoms with van der Waals surface area (Å²) in [7, 11) is 0. The van der Waals surface area contributed by atoms with Crippen LogP contribution in [-0.2, 0) is 9.53 Å². The molecule has 0 bridgehead atoms. The van der Waals surface area contributed by atoms with Crippen molar-refractivity contribution in [2.75, 3.05) is 0 Å². The lowest BCUT2D eigenvalue weighted by Gasteiger charge is -2.14. The maximum atomic E-state index is 11.2. The molecule has 100 valence electrons. The molecule has 0 heterocycles. The van der Waals surface area contributed by atoms with Crippen LogP contribution in [0, 0.1) is 0 Å². The molecule has 19 heavy (non-hydrogen) atoms. The molecular weight excluding hydrogens is 236 g/mol. The predicted molar refractivity (Wildman–Crippen MR) is 79.6 cm³/mol. The minimum Gasteiger partial charge on any atom is -0.453 e.